The molecule has 3 N–H and O–H groups in total. The minimum atomic E-state index is -0.161. The second-order valence-electron chi connectivity index (χ2n) is 4.96. The Bertz CT molecular complexity index is 423. The van der Waals surface area contributed by atoms with E-state index in [1.807, 2.05) is 0 Å². The van der Waals surface area contributed by atoms with Crippen molar-refractivity contribution < 1.29 is 4.79 Å². The number of carbonyl (C=O) groups excluding carboxylic acids is 1. The molecule has 18 heavy (non-hydrogen) atoms. The van der Waals surface area contributed by atoms with E-state index in [1.165, 1.54) is 12.8 Å². The van der Waals surface area contributed by atoms with Gasteiger partial charge in [-0.1, -0.05) is 37.4 Å². The zero-order valence-electron chi connectivity index (χ0n) is 10.6. The van der Waals surface area contributed by atoms with Crippen molar-refractivity contribution in [2.24, 2.45) is 5.92 Å². The van der Waals surface area contributed by atoms with Crippen LogP contribution in [0.15, 0.2) is 18.2 Å². The van der Waals surface area contributed by atoms with E-state index in [4.69, 9.17) is 17.3 Å². The van der Waals surface area contributed by atoms with Crippen LogP contribution in [0.4, 0.5) is 5.69 Å². The zero-order chi connectivity index (χ0) is 13.1. The van der Waals surface area contributed by atoms with Crippen LogP contribution < -0.4 is 11.1 Å². The van der Waals surface area contributed by atoms with Gasteiger partial charge in [0.25, 0.3) is 5.91 Å². The number of nitrogen functional groups attached to an aromatic ring is 1. The normalized spacial score (nSPS) is 16.3. The lowest BCUT2D eigenvalue weighted by molar-refractivity contribution is 0.0934. The third kappa shape index (κ3) is 3.16. The summed E-state index contributed by atoms with van der Waals surface area (Å²) in [4.78, 5) is 12.2. The molecule has 2 rings (SSSR count). The summed E-state index contributed by atoms with van der Waals surface area (Å²) in [5.74, 6) is 0.629. The maximum absolute atomic E-state index is 12.2. The molecular weight excluding hydrogens is 248 g/mol. The van der Waals surface area contributed by atoms with Gasteiger partial charge in [0, 0.05) is 11.7 Å². The van der Waals surface area contributed by atoms with E-state index in [2.05, 4.69) is 12.2 Å². The maximum Gasteiger partial charge on any atom is 0.255 e. The van der Waals surface area contributed by atoms with Crippen molar-refractivity contribution in [1.82, 2.24) is 5.32 Å². The zero-order valence-corrected chi connectivity index (χ0v) is 11.3. The Morgan fingerprint density at radius 1 is 1.56 bits per heavy atom. The van der Waals surface area contributed by atoms with Gasteiger partial charge in [-0.25, -0.2) is 0 Å². The van der Waals surface area contributed by atoms with Gasteiger partial charge in [0.2, 0.25) is 0 Å². The summed E-state index contributed by atoms with van der Waals surface area (Å²) in [6, 6.07) is 5.36. The number of benzene rings is 1. The molecule has 1 aliphatic rings. The molecule has 1 atom stereocenters. The molecule has 1 unspecified atom stereocenters. The van der Waals surface area contributed by atoms with Crippen molar-refractivity contribution in [3.8, 4) is 0 Å². The number of amides is 1. The highest BCUT2D eigenvalue weighted by atomic mass is 35.5. The number of hydrogen-bond donors (Lipinski definition) is 2. The largest absolute Gasteiger partial charge is 0.398 e. The molecule has 1 amide bonds. The third-order valence-electron chi connectivity index (χ3n) is 3.42. The highest BCUT2D eigenvalue weighted by molar-refractivity contribution is 6.34. The summed E-state index contributed by atoms with van der Waals surface area (Å²) in [6.07, 6.45) is 4.58. The van der Waals surface area contributed by atoms with Crippen LogP contribution in [0.3, 0.4) is 0 Å². The second-order valence-corrected chi connectivity index (χ2v) is 5.37. The smallest absolute Gasteiger partial charge is 0.255 e. The van der Waals surface area contributed by atoms with Gasteiger partial charge in [-0.15, -0.1) is 0 Å². The molecule has 0 bridgehead atoms. The first-order valence-corrected chi connectivity index (χ1v) is 6.84. The fourth-order valence-electron chi connectivity index (χ4n) is 2.12. The SMILES string of the molecule is CCC(CC1CC1)NC(=O)c1c(N)cccc1Cl. The molecule has 4 heteroatoms. The second kappa shape index (κ2) is 5.61. The van der Waals surface area contributed by atoms with Crippen LogP contribution in [0.5, 0.6) is 0 Å². The van der Waals surface area contributed by atoms with Gasteiger partial charge in [0.15, 0.2) is 0 Å². The number of rotatable bonds is 5. The van der Waals surface area contributed by atoms with Crippen LogP contribution in [-0.2, 0) is 0 Å². The molecule has 1 saturated carbocycles. The Kier molecular flexibility index (Phi) is 4.12. The first-order chi connectivity index (χ1) is 8.61. The Morgan fingerprint density at radius 3 is 2.83 bits per heavy atom. The van der Waals surface area contributed by atoms with Crippen LogP contribution in [0.2, 0.25) is 5.02 Å². The Labute approximate surface area is 113 Å². The fraction of sp³-hybridized carbons (Fsp3) is 0.500. The van der Waals surface area contributed by atoms with Crippen LogP contribution >= 0.6 is 11.6 Å². The van der Waals surface area contributed by atoms with Gasteiger partial charge in [-0.3, -0.25) is 4.79 Å². The van der Waals surface area contributed by atoms with Gasteiger partial charge < -0.3 is 11.1 Å². The van der Waals surface area contributed by atoms with Crippen molar-refractivity contribution in [3.63, 3.8) is 0 Å². The summed E-state index contributed by atoms with van der Waals surface area (Å²) < 4.78 is 0. The molecule has 0 heterocycles. The monoisotopic (exact) mass is 266 g/mol. The van der Waals surface area contributed by atoms with E-state index in [-0.39, 0.29) is 11.9 Å². The molecule has 0 aliphatic heterocycles. The van der Waals surface area contributed by atoms with E-state index < -0.39 is 0 Å². The quantitative estimate of drug-likeness (QED) is 0.804. The molecule has 0 radical (unpaired) electrons. The Hall–Kier alpha value is -1.22. The summed E-state index contributed by atoms with van der Waals surface area (Å²) in [5, 5.41) is 3.44. The average Bonchev–Trinajstić information content (AvgIpc) is 3.11. The number of anilines is 1. The van der Waals surface area contributed by atoms with Gasteiger partial charge in [-0.2, -0.15) is 0 Å². The minimum Gasteiger partial charge on any atom is -0.398 e. The highest BCUT2D eigenvalue weighted by Crippen LogP contribution is 2.34. The molecule has 0 spiro atoms. The van der Waals surface area contributed by atoms with Crippen molar-refractivity contribution in [2.75, 3.05) is 5.73 Å². The van der Waals surface area contributed by atoms with Crippen LogP contribution in [0.1, 0.15) is 43.0 Å². The number of nitrogens with one attached hydrogen (secondary N) is 1. The number of nitrogens with two attached hydrogens (primary N) is 1. The minimum absolute atomic E-state index is 0.161. The van der Waals surface area contributed by atoms with Gasteiger partial charge in [0.05, 0.1) is 10.6 Å². The molecule has 0 saturated heterocycles. The van der Waals surface area contributed by atoms with E-state index in [0.29, 0.717) is 16.3 Å². The predicted molar refractivity (Wildman–Crippen MR) is 74.8 cm³/mol. The summed E-state index contributed by atoms with van der Waals surface area (Å²) >= 11 is 6.03. The number of halogens is 1. The van der Waals surface area contributed by atoms with E-state index in [0.717, 1.165) is 18.8 Å². The molecule has 3 nitrogen and oxygen atoms in total. The Morgan fingerprint density at radius 2 is 2.28 bits per heavy atom. The fourth-order valence-corrected chi connectivity index (χ4v) is 2.39. The number of carbonyl (C=O) groups is 1. The molecule has 1 aromatic rings. The van der Waals surface area contributed by atoms with Crippen molar-refractivity contribution in [1.29, 1.82) is 0 Å². The van der Waals surface area contributed by atoms with Crippen LogP contribution in [0, 0.1) is 5.92 Å². The molecule has 1 aliphatic carbocycles. The van der Waals surface area contributed by atoms with Crippen molar-refractivity contribution >= 4 is 23.2 Å². The molecule has 1 aromatic carbocycles. The van der Waals surface area contributed by atoms with Crippen LogP contribution in [0.25, 0.3) is 0 Å². The first-order valence-electron chi connectivity index (χ1n) is 6.46. The molecule has 98 valence electrons. The lowest BCUT2D eigenvalue weighted by Crippen LogP contribution is -2.35. The highest BCUT2D eigenvalue weighted by Gasteiger charge is 2.26. The summed E-state index contributed by atoms with van der Waals surface area (Å²) in [5.41, 5.74) is 6.64. The van der Waals surface area contributed by atoms with Crippen molar-refractivity contribution in [2.45, 2.75) is 38.6 Å². The summed E-state index contributed by atoms with van der Waals surface area (Å²) in [6.45, 7) is 2.09. The van der Waals surface area contributed by atoms with Gasteiger partial charge in [-0.05, 0) is 30.9 Å². The van der Waals surface area contributed by atoms with E-state index in [9.17, 15) is 4.79 Å². The predicted octanol–water partition coefficient (Wildman–Crippen LogP) is 3.23. The topological polar surface area (TPSA) is 55.1 Å². The lowest BCUT2D eigenvalue weighted by atomic mass is 10.1. The van der Waals surface area contributed by atoms with E-state index in [1.54, 1.807) is 18.2 Å². The first kappa shape index (κ1) is 13.2. The van der Waals surface area contributed by atoms with Crippen LogP contribution in [-0.4, -0.2) is 11.9 Å². The van der Waals surface area contributed by atoms with Gasteiger partial charge in [0.1, 0.15) is 0 Å². The maximum atomic E-state index is 12.2. The molecular formula is C14H19ClN2O. The standard InChI is InChI=1S/C14H19ClN2O/c1-2-10(8-9-6-7-9)17-14(18)13-11(15)4-3-5-12(13)16/h3-5,9-10H,2,6-8,16H2,1H3,(H,17,18). The third-order valence-corrected chi connectivity index (χ3v) is 3.73. The average molecular weight is 267 g/mol. The summed E-state index contributed by atoms with van der Waals surface area (Å²) in [7, 11) is 0. The van der Waals surface area contributed by atoms with Crippen molar-refractivity contribution in [3.05, 3.63) is 28.8 Å². The Balaban J connectivity index is 2.05. The van der Waals surface area contributed by atoms with Gasteiger partial charge >= 0.3 is 0 Å². The molecule has 1 fully saturated rings. The number of hydrogen-bond acceptors (Lipinski definition) is 2. The van der Waals surface area contributed by atoms with E-state index >= 15 is 0 Å². The molecule has 0 aromatic heterocycles. The lowest BCUT2D eigenvalue weighted by Gasteiger charge is -2.17.